The van der Waals surface area contributed by atoms with Crippen molar-refractivity contribution >= 4 is 28.9 Å². The molecule has 0 bridgehead atoms. The molecule has 28 heavy (non-hydrogen) atoms. The molecule has 1 unspecified atom stereocenters. The van der Waals surface area contributed by atoms with E-state index in [0.29, 0.717) is 6.54 Å². The number of rotatable bonds is 4. The molecule has 0 spiro atoms. The number of nitrogens with zero attached hydrogens (tertiary/aromatic N) is 1. The number of hydrogen-bond donors (Lipinski definition) is 1. The van der Waals surface area contributed by atoms with Crippen molar-refractivity contribution in [3.05, 3.63) is 64.3 Å². The summed E-state index contributed by atoms with van der Waals surface area (Å²) in [6.07, 6.45) is 1.75. The second kappa shape index (κ2) is 9.13. The first-order valence-electron chi connectivity index (χ1n) is 9.26. The van der Waals surface area contributed by atoms with Gasteiger partial charge in [0, 0.05) is 41.9 Å². The lowest BCUT2D eigenvalue weighted by Gasteiger charge is -2.33. The van der Waals surface area contributed by atoms with Crippen LogP contribution in [-0.4, -0.2) is 43.7 Å². The van der Waals surface area contributed by atoms with Crippen molar-refractivity contribution in [2.75, 3.05) is 27.4 Å². The second-order valence-electron chi connectivity index (χ2n) is 6.55. The molecule has 1 N–H and O–H groups in total. The third-order valence-electron chi connectivity index (χ3n) is 4.98. The highest BCUT2D eigenvalue weighted by Gasteiger charge is 2.30. The van der Waals surface area contributed by atoms with Crippen LogP contribution in [0.1, 0.15) is 29.8 Å². The van der Waals surface area contributed by atoms with Crippen molar-refractivity contribution in [2.45, 2.75) is 19.4 Å². The molecule has 2 aromatic carbocycles. The lowest BCUT2D eigenvalue weighted by atomic mass is 9.93. The van der Waals surface area contributed by atoms with E-state index in [-0.39, 0.29) is 6.04 Å². The van der Waals surface area contributed by atoms with Crippen molar-refractivity contribution in [2.24, 2.45) is 0 Å². The molecular formula is C22H25ClN2O3. The molecule has 2 heterocycles. The molecule has 1 aliphatic heterocycles. The Morgan fingerprint density at radius 1 is 1.21 bits per heavy atom. The van der Waals surface area contributed by atoms with E-state index in [2.05, 4.69) is 9.72 Å². The van der Waals surface area contributed by atoms with Crippen molar-refractivity contribution in [1.29, 1.82) is 0 Å². The quantitative estimate of drug-likeness (QED) is 0.652. The SMILES string of the molecule is CCOC.COc1ccc(C2c3[nH]c4ccc(Cl)cc4c3CCN2C=O)cc1. The zero-order valence-electron chi connectivity index (χ0n) is 16.4. The molecule has 0 aliphatic carbocycles. The first kappa shape index (κ1) is 20.2. The highest BCUT2D eigenvalue weighted by molar-refractivity contribution is 6.31. The lowest BCUT2D eigenvalue weighted by Crippen LogP contribution is -2.34. The summed E-state index contributed by atoms with van der Waals surface area (Å²) in [7, 11) is 3.33. The molecule has 1 aliphatic rings. The van der Waals surface area contributed by atoms with Gasteiger partial charge >= 0.3 is 0 Å². The van der Waals surface area contributed by atoms with E-state index in [9.17, 15) is 4.79 Å². The highest BCUT2D eigenvalue weighted by atomic mass is 35.5. The van der Waals surface area contributed by atoms with Gasteiger partial charge in [-0.05, 0) is 54.8 Å². The number of aromatic amines is 1. The number of carbonyl (C=O) groups excluding carboxylic acids is 1. The standard InChI is InChI=1S/C19H17ClN2O2.C3H8O/c1-24-14-5-2-12(3-6-14)19-18-15(8-9-22(19)11-23)16-10-13(20)4-7-17(16)21-18;1-3-4-2/h2-7,10-11,19,21H,8-9H2,1H3;3H2,1-2H3. The Kier molecular flexibility index (Phi) is 6.60. The minimum Gasteiger partial charge on any atom is -0.497 e. The van der Waals surface area contributed by atoms with Gasteiger partial charge in [0.15, 0.2) is 0 Å². The van der Waals surface area contributed by atoms with Gasteiger partial charge in [-0.25, -0.2) is 0 Å². The predicted octanol–water partition coefficient (Wildman–Crippen LogP) is 4.59. The monoisotopic (exact) mass is 400 g/mol. The van der Waals surface area contributed by atoms with Gasteiger partial charge in [0.2, 0.25) is 6.41 Å². The van der Waals surface area contributed by atoms with Crippen LogP contribution in [0.15, 0.2) is 42.5 Å². The van der Waals surface area contributed by atoms with Crippen LogP contribution >= 0.6 is 11.6 Å². The number of fused-ring (bicyclic) bond motifs is 3. The summed E-state index contributed by atoms with van der Waals surface area (Å²) < 4.78 is 9.78. The highest BCUT2D eigenvalue weighted by Crippen LogP contribution is 2.38. The van der Waals surface area contributed by atoms with Gasteiger partial charge in [0.05, 0.1) is 13.2 Å². The molecule has 4 rings (SSSR count). The largest absolute Gasteiger partial charge is 0.497 e. The smallest absolute Gasteiger partial charge is 0.210 e. The molecular weight excluding hydrogens is 376 g/mol. The average Bonchev–Trinajstić information content (AvgIpc) is 3.11. The van der Waals surface area contributed by atoms with Crippen LogP contribution in [-0.2, 0) is 16.0 Å². The summed E-state index contributed by atoms with van der Waals surface area (Å²) in [5.74, 6) is 0.802. The lowest BCUT2D eigenvalue weighted by molar-refractivity contribution is -0.120. The van der Waals surface area contributed by atoms with E-state index >= 15 is 0 Å². The Bertz CT molecular complexity index is 935. The normalized spacial score (nSPS) is 15.6. The number of H-pyrrole nitrogens is 1. The van der Waals surface area contributed by atoms with E-state index < -0.39 is 0 Å². The number of halogens is 1. The number of aromatic nitrogens is 1. The van der Waals surface area contributed by atoms with Gasteiger partial charge in [-0.2, -0.15) is 0 Å². The first-order chi connectivity index (χ1) is 13.6. The number of amides is 1. The molecule has 6 heteroatoms. The van der Waals surface area contributed by atoms with Crippen LogP contribution in [0.2, 0.25) is 5.02 Å². The van der Waals surface area contributed by atoms with Crippen molar-refractivity contribution in [3.63, 3.8) is 0 Å². The van der Waals surface area contributed by atoms with E-state index in [0.717, 1.165) is 52.4 Å². The maximum Gasteiger partial charge on any atom is 0.210 e. The zero-order chi connectivity index (χ0) is 20.1. The Morgan fingerprint density at radius 2 is 1.93 bits per heavy atom. The first-order valence-corrected chi connectivity index (χ1v) is 9.64. The maximum absolute atomic E-state index is 11.6. The van der Waals surface area contributed by atoms with Crippen LogP contribution in [0.25, 0.3) is 10.9 Å². The summed E-state index contributed by atoms with van der Waals surface area (Å²) >= 11 is 6.17. The molecule has 3 aromatic rings. The Morgan fingerprint density at radius 3 is 2.54 bits per heavy atom. The average molecular weight is 401 g/mol. The molecule has 0 saturated carbocycles. The summed E-state index contributed by atoms with van der Waals surface area (Å²) in [6.45, 7) is 3.46. The molecule has 0 fully saturated rings. The Balaban J connectivity index is 0.000000516. The fourth-order valence-electron chi connectivity index (χ4n) is 3.54. The third kappa shape index (κ3) is 4.01. The van der Waals surface area contributed by atoms with Gasteiger partial charge in [-0.3, -0.25) is 4.79 Å². The van der Waals surface area contributed by atoms with Crippen LogP contribution in [0.4, 0.5) is 0 Å². The van der Waals surface area contributed by atoms with Gasteiger partial charge in [0.25, 0.3) is 0 Å². The summed E-state index contributed by atoms with van der Waals surface area (Å²) in [6, 6.07) is 13.6. The number of methoxy groups -OCH3 is 2. The number of hydrogen-bond acceptors (Lipinski definition) is 3. The Hall–Kier alpha value is -2.50. The number of ether oxygens (including phenoxy) is 2. The van der Waals surface area contributed by atoms with Crippen LogP contribution in [0.3, 0.4) is 0 Å². The van der Waals surface area contributed by atoms with Gasteiger partial charge < -0.3 is 19.4 Å². The number of carbonyl (C=O) groups is 1. The Labute approximate surface area is 170 Å². The molecule has 5 nitrogen and oxygen atoms in total. The molecule has 1 aromatic heterocycles. The van der Waals surface area contributed by atoms with E-state index in [1.807, 2.05) is 54.3 Å². The van der Waals surface area contributed by atoms with Crippen molar-refractivity contribution in [3.8, 4) is 5.75 Å². The zero-order valence-corrected chi connectivity index (χ0v) is 17.1. The van der Waals surface area contributed by atoms with Crippen molar-refractivity contribution in [1.82, 2.24) is 9.88 Å². The van der Waals surface area contributed by atoms with E-state index in [1.54, 1.807) is 14.2 Å². The predicted molar refractivity (Wildman–Crippen MR) is 112 cm³/mol. The summed E-state index contributed by atoms with van der Waals surface area (Å²) in [4.78, 5) is 16.9. The second-order valence-corrected chi connectivity index (χ2v) is 6.99. The maximum atomic E-state index is 11.6. The topological polar surface area (TPSA) is 54.6 Å². The van der Waals surface area contributed by atoms with Crippen LogP contribution in [0.5, 0.6) is 5.75 Å². The number of benzene rings is 2. The van der Waals surface area contributed by atoms with Crippen LogP contribution < -0.4 is 4.74 Å². The van der Waals surface area contributed by atoms with E-state index in [1.165, 1.54) is 5.56 Å². The summed E-state index contributed by atoms with van der Waals surface area (Å²) in [5.41, 5.74) is 4.42. The number of nitrogens with one attached hydrogen (secondary N) is 1. The van der Waals surface area contributed by atoms with Gasteiger partial charge in [-0.1, -0.05) is 23.7 Å². The fourth-order valence-corrected chi connectivity index (χ4v) is 3.71. The summed E-state index contributed by atoms with van der Waals surface area (Å²) in [5, 5.41) is 1.87. The van der Waals surface area contributed by atoms with Crippen LogP contribution in [0, 0.1) is 0 Å². The minimum absolute atomic E-state index is 0.122. The molecule has 1 amide bonds. The molecule has 148 valence electrons. The third-order valence-corrected chi connectivity index (χ3v) is 5.22. The molecule has 0 radical (unpaired) electrons. The van der Waals surface area contributed by atoms with Crippen molar-refractivity contribution < 1.29 is 14.3 Å². The van der Waals surface area contributed by atoms with Gasteiger partial charge in [0.1, 0.15) is 5.75 Å². The minimum atomic E-state index is -0.122. The molecule has 0 saturated heterocycles. The molecule has 1 atom stereocenters. The van der Waals surface area contributed by atoms with Gasteiger partial charge in [-0.15, -0.1) is 0 Å². The van der Waals surface area contributed by atoms with E-state index in [4.69, 9.17) is 16.3 Å². The fraction of sp³-hybridized carbons (Fsp3) is 0.318.